The van der Waals surface area contributed by atoms with E-state index >= 15 is 0 Å². The Morgan fingerprint density at radius 1 is 1.19 bits per heavy atom. The molecule has 0 aromatic heterocycles. The zero-order chi connectivity index (χ0) is 19.5. The van der Waals surface area contributed by atoms with Crippen molar-refractivity contribution in [2.24, 2.45) is 5.92 Å². The summed E-state index contributed by atoms with van der Waals surface area (Å²) < 4.78 is 10.7. The Hall–Kier alpha value is -2.54. The van der Waals surface area contributed by atoms with Crippen LogP contribution >= 0.6 is 0 Å². The standard InChI is InChI=1S/C22H28O4/c1-6-7-13-25-21(23)18-9-8-10-19(15-18)22(24)26-20(14-17(4)5)12-11-16(2)3/h8-10,15,17,20H,2,6-7,13-14H2,1,3-5H3. The van der Waals surface area contributed by atoms with Gasteiger partial charge in [0.25, 0.3) is 0 Å². The van der Waals surface area contributed by atoms with Crippen molar-refractivity contribution in [3.63, 3.8) is 0 Å². The number of allylic oxidation sites excluding steroid dienone is 1. The van der Waals surface area contributed by atoms with Crippen LogP contribution in [0, 0.1) is 17.8 Å². The summed E-state index contributed by atoms with van der Waals surface area (Å²) >= 11 is 0. The van der Waals surface area contributed by atoms with E-state index in [-0.39, 0.29) is 0 Å². The molecule has 1 unspecified atom stereocenters. The number of unbranched alkanes of at least 4 members (excludes halogenated alkanes) is 1. The minimum Gasteiger partial charge on any atom is -0.462 e. The quantitative estimate of drug-likeness (QED) is 0.382. The molecule has 1 aromatic rings. The molecule has 0 amide bonds. The van der Waals surface area contributed by atoms with Gasteiger partial charge in [0.05, 0.1) is 17.7 Å². The number of hydrogen-bond donors (Lipinski definition) is 0. The summed E-state index contributed by atoms with van der Waals surface area (Å²) in [5.41, 5.74) is 1.36. The molecule has 0 aliphatic heterocycles. The van der Waals surface area contributed by atoms with Gasteiger partial charge in [0, 0.05) is 0 Å². The highest BCUT2D eigenvalue weighted by Crippen LogP contribution is 2.13. The van der Waals surface area contributed by atoms with Crippen LogP contribution in [-0.2, 0) is 9.47 Å². The van der Waals surface area contributed by atoms with Crippen molar-refractivity contribution < 1.29 is 19.1 Å². The maximum atomic E-state index is 12.5. The fraction of sp³-hybridized carbons (Fsp3) is 0.455. The average molecular weight is 356 g/mol. The zero-order valence-corrected chi connectivity index (χ0v) is 16.1. The third kappa shape index (κ3) is 8.02. The van der Waals surface area contributed by atoms with Crippen LogP contribution < -0.4 is 0 Å². The highest BCUT2D eigenvalue weighted by Gasteiger charge is 2.17. The maximum Gasteiger partial charge on any atom is 0.339 e. The second kappa shape index (κ2) is 11.1. The molecule has 1 rings (SSSR count). The summed E-state index contributed by atoms with van der Waals surface area (Å²) in [6.45, 7) is 12.0. The van der Waals surface area contributed by atoms with Gasteiger partial charge in [-0.25, -0.2) is 9.59 Å². The van der Waals surface area contributed by atoms with Gasteiger partial charge < -0.3 is 9.47 Å². The fourth-order valence-electron chi connectivity index (χ4n) is 2.13. The van der Waals surface area contributed by atoms with Gasteiger partial charge in [0.15, 0.2) is 6.10 Å². The van der Waals surface area contributed by atoms with E-state index in [0.717, 1.165) is 12.8 Å². The highest BCUT2D eigenvalue weighted by atomic mass is 16.5. The molecule has 1 atom stereocenters. The molecule has 0 N–H and O–H groups in total. The van der Waals surface area contributed by atoms with Crippen molar-refractivity contribution in [1.82, 2.24) is 0 Å². The molecule has 0 radical (unpaired) electrons. The summed E-state index contributed by atoms with van der Waals surface area (Å²) in [4.78, 5) is 24.5. The first-order chi connectivity index (χ1) is 12.3. The number of ether oxygens (including phenoxy) is 2. The Bertz CT molecular complexity index is 692. The first-order valence-corrected chi connectivity index (χ1v) is 8.98. The lowest BCUT2D eigenvalue weighted by Crippen LogP contribution is -2.19. The van der Waals surface area contributed by atoms with E-state index in [0.29, 0.717) is 35.6 Å². The predicted molar refractivity (Wildman–Crippen MR) is 103 cm³/mol. The molecular weight excluding hydrogens is 328 g/mol. The SMILES string of the molecule is C=C(C)C#CC(CC(C)C)OC(=O)c1cccc(C(=O)OCCCC)c1. The van der Waals surface area contributed by atoms with Crippen LogP contribution in [0.5, 0.6) is 0 Å². The van der Waals surface area contributed by atoms with Gasteiger partial charge in [0.1, 0.15) is 0 Å². The van der Waals surface area contributed by atoms with E-state index in [2.05, 4.69) is 18.4 Å². The smallest absolute Gasteiger partial charge is 0.339 e. The zero-order valence-electron chi connectivity index (χ0n) is 16.1. The van der Waals surface area contributed by atoms with E-state index in [9.17, 15) is 9.59 Å². The van der Waals surface area contributed by atoms with E-state index in [1.54, 1.807) is 25.1 Å². The third-order valence-corrected chi connectivity index (χ3v) is 3.45. The molecular formula is C22H28O4. The van der Waals surface area contributed by atoms with Crippen LogP contribution in [0.1, 0.15) is 67.7 Å². The van der Waals surface area contributed by atoms with Gasteiger partial charge in [-0.05, 0) is 49.5 Å². The maximum absolute atomic E-state index is 12.5. The van der Waals surface area contributed by atoms with Gasteiger partial charge in [0.2, 0.25) is 0 Å². The van der Waals surface area contributed by atoms with Gasteiger partial charge in [-0.3, -0.25) is 0 Å². The summed E-state index contributed by atoms with van der Waals surface area (Å²) in [5.74, 6) is 5.19. The lowest BCUT2D eigenvalue weighted by atomic mass is 10.1. The van der Waals surface area contributed by atoms with Crippen molar-refractivity contribution in [2.75, 3.05) is 6.61 Å². The molecule has 1 aromatic carbocycles. The molecule has 4 heteroatoms. The second-order valence-electron chi connectivity index (χ2n) is 6.64. The van der Waals surface area contributed by atoms with Crippen molar-refractivity contribution in [2.45, 2.75) is 53.1 Å². The average Bonchev–Trinajstić information content (AvgIpc) is 2.59. The van der Waals surface area contributed by atoms with E-state index in [4.69, 9.17) is 9.47 Å². The summed E-state index contributed by atoms with van der Waals surface area (Å²) in [6.07, 6.45) is 1.87. The van der Waals surface area contributed by atoms with Crippen molar-refractivity contribution in [3.8, 4) is 11.8 Å². The fourth-order valence-corrected chi connectivity index (χ4v) is 2.13. The highest BCUT2D eigenvalue weighted by molar-refractivity contribution is 5.95. The van der Waals surface area contributed by atoms with Crippen LogP contribution in [-0.4, -0.2) is 24.6 Å². The Balaban J connectivity index is 2.84. The number of rotatable bonds is 8. The number of carbonyl (C=O) groups excluding carboxylic acids is 2. The minimum atomic E-state index is -0.514. The van der Waals surface area contributed by atoms with Crippen LogP contribution in [0.25, 0.3) is 0 Å². The minimum absolute atomic E-state index is 0.306. The Kier molecular flexibility index (Phi) is 9.22. The van der Waals surface area contributed by atoms with Gasteiger partial charge in [-0.2, -0.15) is 0 Å². The van der Waals surface area contributed by atoms with Crippen molar-refractivity contribution in [1.29, 1.82) is 0 Å². The topological polar surface area (TPSA) is 52.6 Å². The summed E-state index contributed by atoms with van der Waals surface area (Å²) in [7, 11) is 0. The first kappa shape index (κ1) is 21.5. The summed E-state index contributed by atoms with van der Waals surface area (Å²) in [5, 5.41) is 0. The molecule has 140 valence electrons. The van der Waals surface area contributed by atoms with Crippen molar-refractivity contribution >= 4 is 11.9 Å². The van der Waals surface area contributed by atoms with Gasteiger partial charge in [-0.1, -0.05) is 51.7 Å². The molecule has 0 saturated carbocycles. The Morgan fingerprint density at radius 2 is 1.85 bits per heavy atom. The van der Waals surface area contributed by atoms with Crippen molar-refractivity contribution in [3.05, 3.63) is 47.5 Å². The van der Waals surface area contributed by atoms with Crippen LogP contribution in [0.15, 0.2) is 36.4 Å². The molecule has 0 heterocycles. The molecule has 0 bridgehead atoms. The second-order valence-corrected chi connectivity index (χ2v) is 6.64. The molecule has 0 aliphatic carbocycles. The van der Waals surface area contributed by atoms with Crippen LogP contribution in [0.2, 0.25) is 0 Å². The Morgan fingerprint density at radius 3 is 2.42 bits per heavy atom. The largest absolute Gasteiger partial charge is 0.462 e. The Labute approximate surface area is 156 Å². The van der Waals surface area contributed by atoms with Gasteiger partial charge in [-0.15, -0.1) is 0 Å². The number of esters is 2. The molecule has 0 spiro atoms. The lowest BCUT2D eigenvalue weighted by molar-refractivity contribution is 0.0377. The number of hydrogen-bond acceptors (Lipinski definition) is 4. The molecule has 26 heavy (non-hydrogen) atoms. The van der Waals surface area contributed by atoms with Crippen LogP contribution in [0.4, 0.5) is 0 Å². The normalized spacial score (nSPS) is 11.3. The monoisotopic (exact) mass is 356 g/mol. The summed E-state index contributed by atoms with van der Waals surface area (Å²) in [6, 6.07) is 6.38. The lowest BCUT2D eigenvalue weighted by Gasteiger charge is -2.15. The number of carbonyl (C=O) groups is 2. The van der Waals surface area contributed by atoms with Crippen LogP contribution in [0.3, 0.4) is 0 Å². The molecule has 0 aliphatic rings. The molecule has 0 saturated heterocycles. The van der Waals surface area contributed by atoms with Gasteiger partial charge >= 0.3 is 11.9 Å². The number of benzene rings is 1. The van der Waals surface area contributed by atoms with E-state index < -0.39 is 18.0 Å². The third-order valence-electron chi connectivity index (χ3n) is 3.45. The first-order valence-electron chi connectivity index (χ1n) is 8.98. The van der Waals surface area contributed by atoms with E-state index in [1.165, 1.54) is 6.07 Å². The molecule has 0 fully saturated rings. The predicted octanol–water partition coefficient (Wildman–Crippen LogP) is 4.79. The molecule has 4 nitrogen and oxygen atoms in total. The van der Waals surface area contributed by atoms with E-state index in [1.807, 2.05) is 20.8 Å².